The van der Waals surface area contributed by atoms with Crippen LogP contribution in [0, 0.1) is 0 Å². The number of carbonyl (C=O) groups excluding carboxylic acids is 1. The van der Waals surface area contributed by atoms with Gasteiger partial charge in [-0.3, -0.25) is 4.79 Å². The van der Waals surface area contributed by atoms with Gasteiger partial charge < -0.3 is 14.2 Å². The molecule has 2 aliphatic heterocycles. The van der Waals surface area contributed by atoms with Crippen molar-refractivity contribution in [1.29, 1.82) is 0 Å². The minimum absolute atomic E-state index is 0.153. The number of fused-ring (bicyclic) bond motifs is 1. The normalized spacial score (nSPS) is 19.5. The topological polar surface area (TPSA) is 34.5 Å². The third kappa shape index (κ3) is 3.30. The van der Waals surface area contributed by atoms with Crippen LogP contribution < -0.4 is 4.74 Å². The van der Waals surface area contributed by atoms with E-state index in [0.717, 1.165) is 43.7 Å². The summed E-state index contributed by atoms with van der Waals surface area (Å²) in [7, 11) is 0. The van der Waals surface area contributed by atoms with E-state index >= 15 is 0 Å². The molecule has 0 saturated carbocycles. The van der Waals surface area contributed by atoms with Crippen molar-refractivity contribution in [3.8, 4) is 5.75 Å². The van der Waals surface area contributed by atoms with E-state index < -0.39 is 0 Å². The molecular weight excluding hydrogens is 372 g/mol. The smallest absolute Gasteiger partial charge is 0.226 e. The van der Waals surface area contributed by atoms with Gasteiger partial charge in [-0.05, 0) is 41.8 Å². The molecule has 4 heteroatoms. The first-order valence-electron chi connectivity index (χ1n) is 10.9. The van der Waals surface area contributed by atoms with Crippen LogP contribution in [0.25, 0.3) is 0 Å². The molecule has 3 heterocycles. The number of carbonyl (C=O) groups is 1. The van der Waals surface area contributed by atoms with E-state index in [1.165, 1.54) is 11.1 Å². The van der Waals surface area contributed by atoms with Crippen LogP contribution in [-0.4, -0.2) is 34.1 Å². The Hall–Kier alpha value is -3.01. The second kappa shape index (κ2) is 7.67. The molecule has 0 radical (unpaired) electrons. The highest BCUT2D eigenvalue weighted by Crippen LogP contribution is 2.50. The Morgan fingerprint density at radius 3 is 2.43 bits per heavy atom. The van der Waals surface area contributed by atoms with Crippen molar-refractivity contribution in [1.82, 2.24) is 9.47 Å². The van der Waals surface area contributed by atoms with Crippen molar-refractivity contribution >= 4 is 5.91 Å². The van der Waals surface area contributed by atoms with E-state index in [9.17, 15) is 4.79 Å². The van der Waals surface area contributed by atoms with E-state index in [1.54, 1.807) is 0 Å². The molecule has 4 nitrogen and oxygen atoms in total. The summed E-state index contributed by atoms with van der Waals surface area (Å²) in [5, 5.41) is 0. The van der Waals surface area contributed by atoms with Gasteiger partial charge in [-0.15, -0.1) is 0 Å². The molecule has 0 bridgehead atoms. The van der Waals surface area contributed by atoms with Crippen LogP contribution >= 0.6 is 0 Å². The lowest BCUT2D eigenvalue weighted by Gasteiger charge is -2.42. The fourth-order valence-electron chi connectivity index (χ4n) is 5.03. The van der Waals surface area contributed by atoms with Crippen molar-refractivity contribution in [2.24, 2.45) is 0 Å². The van der Waals surface area contributed by atoms with Crippen LogP contribution in [0.4, 0.5) is 0 Å². The second-order valence-electron chi connectivity index (χ2n) is 8.47. The number of nitrogens with zero attached hydrogens (tertiary/aromatic N) is 2. The summed E-state index contributed by atoms with van der Waals surface area (Å²) in [6.07, 6.45) is 7.43. The molecule has 1 spiro atoms. The Kier molecular flexibility index (Phi) is 4.86. The van der Waals surface area contributed by atoms with Crippen LogP contribution in [0.15, 0.2) is 73.1 Å². The first kappa shape index (κ1) is 19.0. The van der Waals surface area contributed by atoms with Gasteiger partial charge in [0.05, 0.1) is 6.42 Å². The first-order valence-corrected chi connectivity index (χ1v) is 10.9. The Morgan fingerprint density at radius 2 is 1.73 bits per heavy atom. The van der Waals surface area contributed by atoms with Crippen LogP contribution in [-0.2, 0) is 17.6 Å². The van der Waals surface area contributed by atoms with Gasteiger partial charge in [0.2, 0.25) is 5.91 Å². The Bertz CT molecular complexity index is 1020. The zero-order chi connectivity index (χ0) is 20.6. The number of ether oxygens (including phenoxy) is 1. The minimum atomic E-state index is -0.294. The monoisotopic (exact) mass is 400 g/mol. The summed E-state index contributed by atoms with van der Waals surface area (Å²) < 4.78 is 8.94. The predicted molar refractivity (Wildman–Crippen MR) is 118 cm³/mol. The molecule has 5 rings (SSSR count). The highest BCUT2D eigenvalue weighted by atomic mass is 16.5. The summed E-state index contributed by atoms with van der Waals surface area (Å²) in [5.74, 6) is 1.20. The molecule has 1 fully saturated rings. The summed E-state index contributed by atoms with van der Waals surface area (Å²) >= 11 is 0. The van der Waals surface area contributed by atoms with Gasteiger partial charge in [0.1, 0.15) is 17.4 Å². The number of rotatable bonds is 4. The van der Waals surface area contributed by atoms with Gasteiger partial charge >= 0.3 is 0 Å². The number of hydrogen-bond donors (Lipinski definition) is 0. The Morgan fingerprint density at radius 1 is 1.00 bits per heavy atom. The van der Waals surface area contributed by atoms with Gasteiger partial charge in [-0.2, -0.15) is 0 Å². The van der Waals surface area contributed by atoms with Crippen molar-refractivity contribution in [3.05, 3.63) is 89.7 Å². The number of likely N-dealkylation sites (tertiary alicyclic amines) is 1. The van der Waals surface area contributed by atoms with Crippen LogP contribution in [0.5, 0.6) is 5.75 Å². The largest absolute Gasteiger partial charge is 0.484 e. The molecule has 2 aliphatic rings. The first-order chi connectivity index (χ1) is 14.7. The van der Waals surface area contributed by atoms with E-state index in [4.69, 9.17) is 4.74 Å². The lowest BCUT2D eigenvalue weighted by Crippen LogP contribution is -2.52. The maximum atomic E-state index is 12.9. The molecule has 30 heavy (non-hydrogen) atoms. The summed E-state index contributed by atoms with van der Waals surface area (Å²) in [5.41, 5.74) is 3.39. The lowest BCUT2D eigenvalue weighted by molar-refractivity contribution is -0.134. The molecule has 2 aromatic carbocycles. The van der Waals surface area contributed by atoms with E-state index in [-0.39, 0.29) is 17.6 Å². The summed E-state index contributed by atoms with van der Waals surface area (Å²) in [6, 6.07) is 20.9. The zero-order valence-electron chi connectivity index (χ0n) is 17.5. The van der Waals surface area contributed by atoms with E-state index in [1.807, 2.05) is 35.2 Å². The van der Waals surface area contributed by atoms with Crippen LogP contribution in [0.3, 0.4) is 0 Å². The molecule has 154 valence electrons. The molecule has 1 unspecified atom stereocenters. The zero-order valence-corrected chi connectivity index (χ0v) is 17.5. The standard InChI is InChI=1S/C26H28N2O2/c1-2-20-10-11-23-22(18-20)25(28-14-6-7-15-28)26(30-23)12-16-27(17-13-26)24(29)19-21-8-4-3-5-9-21/h3-11,14-15,18,25H,2,12-13,16-17,19H2,1H3. The third-order valence-corrected chi connectivity index (χ3v) is 6.67. The van der Waals surface area contributed by atoms with Gasteiger partial charge in [-0.25, -0.2) is 0 Å². The molecular formula is C26H28N2O2. The average molecular weight is 401 g/mol. The van der Waals surface area contributed by atoms with Crippen molar-refractivity contribution < 1.29 is 9.53 Å². The van der Waals surface area contributed by atoms with Crippen molar-refractivity contribution in [2.75, 3.05) is 13.1 Å². The highest BCUT2D eigenvalue weighted by Gasteiger charge is 2.51. The fourth-order valence-corrected chi connectivity index (χ4v) is 5.03. The van der Waals surface area contributed by atoms with Gasteiger partial charge in [0, 0.05) is 43.9 Å². The van der Waals surface area contributed by atoms with Crippen LogP contribution in [0.2, 0.25) is 0 Å². The molecule has 1 saturated heterocycles. The van der Waals surface area contributed by atoms with Crippen LogP contribution in [0.1, 0.15) is 42.5 Å². The maximum absolute atomic E-state index is 12.9. The third-order valence-electron chi connectivity index (χ3n) is 6.67. The number of piperidine rings is 1. The molecule has 1 atom stereocenters. The van der Waals surface area contributed by atoms with Crippen molar-refractivity contribution in [2.45, 2.75) is 44.2 Å². The molecule has 1 amide bonds. The Labute approximate surface area is 178 Å². The molecule has 1 aromatic heterocycles. The van der Waals surface area contributed by atoms with Gasteiger partial charge in [-0.1, -0.05) is 43.3 Å². The number of amides is 1. The number of aromatic nitrogens is 1. The average Bonchev–Trinajstić information content (AvgIpc) is 3.40. The highest BCUT2D eigenvalue weighted by molar-refractivity contribution is 5.79. The van der Waals surface area contributed by atoms with E-state index in [2.05, 4.69) is 54.2 Å². The quantitative estimate of drug-likeness (QED) is 0.640. The van der Waals surface area contributed by atoms with E-state index in [0.29, 0.717) is 6.42 Å². The fraction of sp³-hybridized carbons (Fsp3) is 0.346. The molecule has 0 aliphatic carbocycles. The summed E-state index contributed by atoms with van der Waals surface area (Å²) in [6.45, 7) is 3.66. The second-order valence-corrected chi connectivity index (χ2v) is 8.47. The lowest BCUT2D eigenvalue weighted by atomic mass is 9.82. The molecule has 3 aromatic rings. The SMILES string of the molecule is CCc1ccc2c(c1)C(n1cccc1)C1(CCN(C(=O)Cc3ccccc3)CC1)O2. The van der Waals surface area contributed by atoms with Crippen molar-refractivity contribution in [3.63, 3.8) is 0 Å². The number of hydrogen-bond acceptors (Lipinski definition) is 2. The van der Waals surface area contributed by atoms with Gasteiger partial charge in [0.25, 0.3) is 0 Å². The Balaban J connectivity index is 1.38. The number of benzene rings is 2. The summed E-state index contributed by atoms with van der Waals surface area (Å²) in [4.78, 5) is 14.9. The molecule has 0 N–H and O–H groups in total. The maximum Gasteiger partial charge on any atom is 0.226 e. The number of aryl methyl sites for hydroxylation is 1. The minimum Gasteiger partial charge on any atom is -0.484 e. The predicted octanol–water partition coefficient (Wildman–Crippen LogP) is 4.64. The van der Waals surface area contributed by atoms with Gasteiger partial charge in [0.15, 0.2) is 0 Å².